The van der Waals surface area contributed by atoms with Crippen LogP contribution in [0.5, 0.6) is 0 Å². The third-order valence-electron chi connectivity index (χ3n) is 3.34. The van der Waals surface area contributed by atoms with E-state index in [1.54, 1.807) is 12.3 Å². The van der Waals surface area contributed by atoms with Gasteiger partial charge in [-0.15, -0.1) is 0 Å². The first-order valence-electron chi connectivity index (χ1n) is 6.75. The van der Waals surface area contributed by atoms with Crippen LogP contribution in [0, 0.1) is 5.82 Å². The highest BCUT2D eigenvalue weighted by Gasteiger charge is 2.23. The number of aromatic nitrogens is 1. The minimum Gasteiger partial charge on any atom is -0.378 e. The topological polar surface area (TPSA) is 34.1 Å². The molecule has 0 aromatic carbocycles. The second kappa shape index (κ2) is 6.81. The smallest absolute Gasteiger partial charge is 0.146 e. The summed E-state index contributed by atoms with van der Waals surface area (Å²) in [6.07, 6.45) is 7.25. The zero-order valence-electron chi connectivity index (χ0n) is 10.9. The molecule has 2 unspecified atom stereocenters. The van der Waals surface area contributed by atoms with Gasteiger partial charge >= 0.3 is 0 Å². The van der Waals surface area contributed by atoms with Crippen molar-refractivity contribution < 1.29 is 9.13 Å². The molecule has 2 atom stereocenters. The monoisotopic (exact) mass is 252 g/mol. The van der Waals surface area contributed by atoms with Crippen molar-refractivity contribution in [2.75, 3.05) is 13.2 Å². The molecule has 1 aliphatic heterocycles. The number of nitrogens with one attached hydrogen (secondary N) is 1. The highest BCUT2D eigenvalue weighted by Crippen LogP contribution is 2.26. The third kappa shape index (κ3) is 3.50. The molecule has 1 aliphatic rings. The molecular weight excluding hydrogens is 231 g/mol. The Morgan fingerprint density at radius 1 is 1.61 bits per heavy atom. The molecule has 0 saturated carbocycles. The van der Waals surface area contributed by atoms with E-state index in [0.29, 0.717) is 5.56 Å². The summed E-state index contributed by atoms with van der Waals surface area (Å²) in [7, 11) is 0. The maximum absolute atomic E-state index is 13.8. The SMILES string of the molecule is CCCNC(CC1CCCO1)c1ccncc1F. The summed E-state index contributed by atoms with van der Waals surface area (Å²) in [5.74, 6) is -0.232. The molecule has 2 rings (SSSR count). The Morgan fingerprint density at radius 3 is 3.17 bits per heavy atom. The molecular formula is C14H21FN2O. The van der Waals surface area contributed by atoms with Crippen LogP contribution in [0.2, 0.25) is 0 Å². The normalized spacial score (nSPS) is 21.1. The molecule has 18 heavy (non-hydrogen) atoms. The zero-order chi connectivity index (χ0) is 12.8. The van der Waals surface area contributed by atoms with Crippen molar-refractivity contribution in [3.8, 4) is 0 Å². The fraction of sp³-hybridized carbons (Fsp3) is 0.643. The lowest BCUT2D eigenvalue weighted by molar-refractivity contribution is 0.0942. The Labute approximate surface area is 108 Å². The quantitative estimate of drug-likeness (QED) is 0.845. The number of nitrogens with zero attached hydrogens (tertiary/aromatic N) is 1. The van der Waals surface area contributed by atoms with E-state index in [2.05, 4.69) is 17.2 Å². The lowest BCUT2D eigenvalue weighted by Crippen LogP contribution is -2.27. The van der Waals surface area contributed by atoms with E-state index >= 15 is 0 Å². The molecule has 1 aromatic heterocycles. The van der Waals surface area contributed by atoms with E-state index in [9.17, 15) is 4.39 Å². The molecule has 1 fully saturated rings. The van der Waals surface area contributed by atoms with E-state index < -0.39 is 0 Å². The minimum atomic E-state index is -0.232. The van der Waals surface area contributed by atoms with Gasteiger partial charge in [-0.1, -0.05) is 6.92 Å². The predicted molar refractivity (Wildman–Crippen MR) is 68.8 cm³/mol. The first kappa shape index (κ1) is 13.4. The van der Waals surface area contributed by atoms with Gasteiger partial charge in [-0.2, -0.15) is 0 Å². The van der Waals surface area contributed by atoms with Gasteiger partial charge in [-0.25, -0.2) is 4.39 Å². The van der Waals surface area contributed by atoms with Gasteiger partial charge in [-0.3, -0.25) is 4.98 Å². The molecule has 0 aliphatic carbocycles. The van der Waals surface area contributed by atoms with Crippen LogP contribution >= 0.6 is 0 Å². The molecule has 4 heteroatoms. The molecule has 2 heterocycles. The Kier molecular flexibility index (Phi) is 5.08. The van der Waals surface area contributed by atoms with Crippen molar-refractivity contribution in [3.63, 3.8) is 0 Å². The number of ether oxygens (including phenoxy) is 1. The predicted octanol–water partition coefficient (Wildman–Crippen LogP) is 2.83. The van der Waals surface area contributed by atoms with Crippen molar-refractivity contribution >= 4 is 0 Å². The minimum absolute atomic E-state index is 0.0241. The maximum atomic E-state index is 13.8. The molecule has 0 radical (unpaired) electrons. The van der Waals surface area contributed by atoms with Crippen LogP contribution in [0.15, 0.2) is 18.5 Å². The van der Waals surface area contributed by atoms with E-state index in [1.807, 2.05) is 0 Å². The van der Waals surface area contributed by atoms with Gasteiger partial charge in [0.1, 0.15) is 5.82 Å². The summed E-state index contributed by atoms with van der Waals surface area (Å²) in [6.45, 7) is 3.84. The standard InChI is InChI=1S/C14H21FN2O/c1-2-6-17-14(9-11-4-3-8-18-11)12-5-7-16-10-13(12)15/h5,7,10-11,14,17H,2-4,6,8-9H2,1H3. The highest BCUT2D eigenvalue weighted by atomic mass is 19.1. The molecule has 0 bridgehead atoms. The van der Waals surface area contributed by atoms with Crippen LogP contribution in [0.25, 0.3) is 0 Å². The maximum Gasteiger partial charge on any atom is 0.146 e. The van der Waals surface area contributed by atoms with Crippen LogP contribution in [0.1, 0.15) is 44.2 Å². The number of pyridine rings is 1. The second-order valence-corrected chi connectivity index (χ2v) is 4.77. The van der Waals surface area contributed by atoms with Crippen molar-refractivity contribution in [2.45, 2.75) is 44.8 Å². The fourth-order valence-corrected chi connectivity index (χ4v) is 2.40. The summed E-state index contributed by atoms with van der Waals surface area (Å²) in [6, 6.07) is 1.79. The Hall–Kier alpha value is -1.00. The lowest BCUT2D eigenvalue weighted by Gasteiger charge is -2.22. The first-order valence-corrected chi connectivity index (χ1v) is 6.75. The number of hydrogen-bond acceptors (Lipinski definition) is 3. The van der Waals surface area contributed by atoms with E-state index in [-0.39, 0.29) is 18.0 Å². The molecule has 1 saturated heterocycles. The van der Waals surface area contributed by atoms with Crippen LogP contribution in [0.3, 0.4) is 0 Å². The van der Waals surface area contributed by atoms with Gasteiger partial charge in [0.05, 0.1) is 12.3 Å². The van der Waals surface area contributed by atoms with Crippen LogP contribution < -0.4 is 5.32 Å². The van der Waals surface area contributed by atoms with Gasteiger partial charge in [0, 0.05) is 24.4 Å². The lowest BCUT2D eigenvalue weighted by atomic mass is 9.99. The van der Waals surface area contributed by atoms with Crippen LogP contribution in [-0.2, 0) is 4.74 Å². The summed E-state index contributed by atoms with van der Waals surface area (Å²) in [5.41, 5.74) is 0.703. The molecule has 100 valence electrons. The van der Waals surface area contributed by atoms with Crippen molar-refractivity contribution in [1.29, 1.82) is 0 Å². The summed E-state index contributed by atoms with van der Waals surface area (Å²) in [5, 5.41) is 3.41. The molecule has 1 N–H and O–H groups in total. The van der Waals surface area contributed by atoms with Crippen LogP contribution in [-0.4, -0.2) is 24.2 Å². The summed E-state index contributed by atoms with van der Waals surface area (Å²) < 4.78 is 19.4. The molecule has 0 amide bonds. The van der Waals surface area contributed by atoms with Gasteiger partial charge in [0.2, 0.25) is 0 Å². The average Bonchev–Trinajstić information content (AvgIpc) is 2.88. The van der Waals surface area contributed by atoms with E-state index in [1.165, 1.54) is 6.20 Å². The first-order chi connectivity index (χ1) is 8.81. The number of halogens is 1. The van der Waals surface area contributed by atoms with Crippen molar-refractivity contribution in [3.05, 3.63) is 29.8 Å². The van der Waals surface area contributed by atoms with Gasteiger partial charge in [0.15, 0.2) is 0 Å². The number of rotatable bonds is 6. The fourth-order valence-electron chi connectivity index (χ4n) is 2.40. The van der Waals surface area contributed by atoms with Gasteiger partial charge < -0.3 is 10.1 Å². The molecule has 3 nitrogen and oxygen atoms in total. The summed E-state index contributed by atoms with van der Waals surface area (Å²) in [4.78, 5) is 3.81. The van der Waals surface area contributed by atoms with Crippen LogP contribution in [0.4, 0.5) is 4.39 Å². The average molecular weight is 252 g/mol. The third-order valence-corrected chi connectivity index (χ3v) is 3.34. The van der Waals surface area contributed by atoms with Crippen molar-refractivity contribution in [2.24, 2.45) is 0 Å². The Balaban J connectivity index is 2.06. The largest absolute Gasteiger partial charge is 0.378 e. The zero-order valence-corrected chi connectivity index (χ0v) is 10.9. The summed E-state index contributed by atoms with van der Waals surface area (Å²) >= 11 is 0. The second-order valence-electron chi connectivity index (χ2n) is 4.77. The number of hydrogen-bond donors (Lipinski definition) is 1. The molecule has 1 aromatic rings. The Bertz CT molecular complexity index is 367. The Morgan fingerprint density at radius 2 is 2.50 bits per heavy atom. The van der Waals surface area contributed by atoms with E-state index in [0.717, 1.165) is 38.8 Å². The highest BCUT2D eigenvalue weighted by molar-refractivity contribution is 5.17. The van der Waals surface area contributed by atoms with Gasteiger partial charge in [-0.05, 0) is 38.3 Å². The van der Waals surface area contributed by atoms with E-state index in [4.69, 9.17) is 4.74 Å². The van der Waals surface area contributed by atoms with Gasteiger partial charge in [0.25, 0.3) is 0 Å². The van der Waals surface area contributed by atoms with Crippen molar-refractivity contribution in [1.82, 2.24) is 10.3 Å². The molecule has 0 spiro atoms.